The van der Waals surface area contributed by atoms with Gasteiger partial charge in [-0.25, -0.2) is 8.42 Å². The van der Waals surface area contributed by atoms with Crippen LogP contribution in [0.5, 0.6) is 5.75 Å². The number of sulfonamides is 1. The monoisotopic (exact) mass is 471 g/mol. The minimum atomic E-state index is -3.52. The number of ether oxygens (including phenoxy) is 3. The first-order valence-electron chi connectivity index (χ1n) is 9.02. The van der Waals surface area contributed by atoms with Gasteiger partial charge in [0.25, 0.3) is 0 Å². The molecule has 2 aromatic carbocycles. The average Bonchev–Trinajstić information content (AvgIpc) is 2.65. The number of hydrogen-bond acceptors (Lipinski definition) is 5. The van der Waals surface area contributed by atoms with Crippen molar-refractivity contribution in [1.29, 1.82) is 0 Å². The van der Waals surface area contributed by atoms with E-state index in [4.69, 9.17) is 14.2 Å². The van der Waals surface area contributed by atoms with E-state index >= 15 is 0 Å². The van der Waals surface area contributed by atoms with Crippen LogP contribution in [0.3, 0.4) is 0 Å². The topological polar surface area (TPSA) is 65.1 Å². The minimum Gasteiger partial charge on any atom is -0.488 e. The van der Waals surface area contributed by atoms with Crippen molar-refractivity contribution in [3.63, 3.8) is 0 Å². The van der Waals surface area contributed by atoms with Crippen LogP contribution in [-0.4, -0.2) is 40.7 Å². The number of nitrogens with zero attached hydrogens (tertiary/aromatic N) is 1. The van der Waals surface area contributed by atoms with Gasteiger partial charge in [-0.15, -0.1) is 0 Å². The van der Waals surface area contributed by atoms with Gasteiger partial charge in [0, 0.05) is 13.2 Å². The molecule has 8 heteroatoms. The molecule has 2 rings (SSSR count). The summed E-state index contributed by atoms with van der Waals surface area (Å²) in [5, 5.41) is 0. The van der Waals surface area contributed by atoms with Gasteiger partial charge in [-0.3, -0.25) is 4.31 Å². The molecule has 0 amide bonds. The molecule has 154 valence electrons. The summed E-state index contributed by atoms with van der Waals surface area (Å²) >= 11 is 3.47. The molecule has 0 aliphatic heterocycles. The van der Waals surface area contributed by atoms with Crippen LogP contribution in [0.15, 0.2) is 53.0 Å². The standard InChI is InChI=1S/C20H26BrNO5S/c1-4-25-20(26-5-2)14-22(28(3,23)24)17-11-12-19(18(21)13-17)27-15-16-9-7-6-8-10-16/h6-13,20H,4-5,14-15H2,1-3H3. The summed E-state index contributed by atoms with van der Waals surface area (Å²) in [4.78, 5) is 0. The smallest absolute Gasteiger partial charge is 0.232 e. The van der Waals surface area contributed by atoms with Crippen LogP contribution in [0.4, 0.5) is 5.69 Å². The summed E-state index contributed by atoms with van der Waals surface area (Å²) < 4.78 is 43.5. The van der Waals surface area contributed by atoms with Crippen LogP contribution in [0.25, 0.3) is 0 Å². The van der Waals surface area contributed by atoms with E-state index in [2.05, 4.69) is 15.9 Å². The lowest BCUT2D eigenvalue weighted by molar-refractivity contribution is -0.128. The zero-order chi connectivity index (χ0) is 20.6. The average molecular weight is 472 g/mol. The van der Waals surface area contributed by atoms with E-state index in [0.717, 1.165) is 11.8 Å². The third-order valence-corrected chi connectivity index (χ3v) is 5.64. The molecule has 0 aliphatic rings. The zero-order valence-electron chi connectivity index (χ0n) is 16.3. The Hall–Kier alpha value is -1.61. The third kappa shape index (κ3) is 6.77. The van der Waals surface area contributed by atoms with E-state index in [9.17, 15) is 8.42 Å². The first-order chi connectivity index (χ1) is 13.3. The molecule has 0 N–H and O–H groups in total. The highest BCUT2D eigenvalue weighted by atomic mass is 79.9. The first kappa shape index (κ1) is 22.7. The zero-order valence-corrected chi connectivity index (χ0v) is 18.7. The normalized spacial score (nSPS) is 11.6. The van der Waals surface area contributed by atoms with Crippen LogP contribution in [0.1, 0.15) is 19.4 Å². The highest BCUT2D eigenvalue weighted by Crippen LogP contribution is 2.31. The molecular weight excluding hydrogens is 446 g/mol. The van der Waals surface area contributed by atoms with Gasteiger partial charge in [0.05, 0.1) is 23.0 Å². The summed E-state index contributed by atoms with van der Waals surface area (Å²) in [6.45, 7) is 5.03. The van der Waals surface area contributed by atoms with Crippen molar-refractivity contribution in [3.8, 4) is 5.75 Å². The van der Waals surface area contributed by atoms with E-state index in [1.165, 1.54) is 4.31 Å². The molecule has 0 aliphatic carbocycles. The Morgan fingerprint density at radius 2 is 1.68 bits per heavy atom. The predicted octanol–water partition coefficient (Wildman–Crippen LogP) is 4.19. The Morgan fingerprint density at radius 1 is 1.04 bits per heavy atom. The van der Waals surface area contributed by atoms with Crippen molar-refractivity contribution in [1.82, 2.24) is 0 Å². The lowest BCUT2D eigenvalue weighted by atomic mass is 10.2. The molecule has 0 fully saturated rings. The van der Waals surface area contributed by atoms with Crippen molar-refractivity contribution < 1.29 is 22.6 Å². The highest BCUT2D eigenvalue weighted by molar-refractivity contribution is 9.10. The Balaban J connectivity index is 2.18. The number of benzene rings is 2. The van der Waals surface area contributed by atoms with Crippen molar-refractivity contribution in [2.45, 2.75) is 26.7 Å². The fourth-order valence-electron chi connectivity index (χ4n) is 2.59. The van der Waals surface area contributed by atoms with Gasteiger partial charge in [-0.05, 0) is 53.5 Å². The van der Waals surface area contributed by atoms with E-state index in [1.807, 2.05) is 44.2 Å². The summed E-state index contributed by atoms with van der Waals surface area (Å²) in [5.41, 5.74) is 1.55. The van der Waals surface area contributed by atoms with Crippen LogP contribution in [0, 0.1) is 0 Å². The van der Waals surface area contributed by atoms with E-state index in [-0.39, 0.29) is 6.54 Å². The second-order valence-corrected chi connectivity index (χ2v) is 8.78. The number of anilines is 1. The van der Waals surface area contributed by atoms with Gasteiger partial charge in [0.2, 0.25) is 10.0 Å². The van der Waals surface area contributed by atoms with Crippen molar-refractivity contribution in [2.75, 3.05) is 30.3 Å². The maximum atomic E-state index is 12.4. The fraction of sp³-hybridized carbons (Fsp3) is 0.400. The van der Waals surface area contributed by atoms with E-state index < -0.39 is 16.3 Å². The van der Waals surface area contributed by atoms with Crippen LogP contribution in [0.2, 0.25) is 0 Å². The molecule has 0 saturated heterocycles. The quantitative estimate of drug-likeness (QED) is 0.459. The van der Waals surface area contributed by atoms with Gasteiger partial charge in [-0.2, -0.15) is 0 Å². The largest absolute Gasteiger partial charge is 0.488 e. The molecule has 0 unspecified atom stereocenters. The molecule has 0 aromatic heterocycles. The molecule has 2 aromatic rings. The third-order valence-electron chi connectivity index (χ3n) is 3.86. The second kappa shape index (κ2) is 10.8. The van der Waals surface area contributed by atoms with Gasteiger partial charge >= 0.3 is 0 Å². The SMILES string of the molecule is CCOC(CN(c1ccc(OCc2ccccc2)c(Br)c1)S(C)(=O)=O)OCC. The lowest BCUT2D eigenvalue weighted by Crippen LogP contribution is -2.39. The summed E-state index contributed by atoms with van der Waals surface area (Å²) in [5.74, 6) is 0.632. The van der Waals surface area contributed by atoms with Crippen molar-refractivity contribution >= 4 is 31.6 Å². The lowest BCUT2D eigenvalue weighted by Gasteiger charge is -2.27. The van der Waals surface area contributed by atoms with E-state index in [1.54, 1.807) is 18.2 Å². The summed E-state index contributed by atoms with van der Waals surface area (Å²) in [6.07, 6.45) is 0.521. The Labute approximate surface area is 175 Å². The van der Waals surface area contributed by atoms with Gasteiger partial charge in [-0.1, -0.05) is 30.3 Å². The molecule has 0 saturated carbocycles. The van der Waals surface area contributed by atoms with Gasteiger partial charge < -0.3 is 14.2 Å². The molecule has 0 atom stereocenters. The maximum Gasteiger partial charge on any atom is 0.232 e. The number of halogens is 1. The fourth-order valence-corrected chi connectivity index (χ4v) is 3.96. The van der Waals surface area contributed by atoms with Crippen molar-refractivity contribution in [2.24, 2.45) is 0 Å². The molecular formula is C20H26BrNO5S. The number of hydrogen-bond donors (Lipinski definition) is 0. The maximum absolute atomic E-state index is 12.4. The van der Waals surface area contributed by atoms with E-state index in [0.29, 0.717) is 35.7 Å². The van der Waals surface area contributed by atoms with Crippen LogP contribution in [-0.2, 0) is 26.1 Å². The summed E-state index contributed by atoms with van der Waals surface area (Å²) in [6, 6.07) is 15.0. The molecule has 0 bridgehead atoms. The van der Waals surface area contributed by atoms with Crippen LogP contribution < -0.4 is 9.04 Å². The Kier molecular flexibility index (Phi) is 8.75. The highest BCUT2D eigenvalue weighted by Gasteiger charge is 2.23. The van der Waals surface area contributed by atoms with Gasteiger partial charge in [0.1, 0.15) is 12.4 Å². The molecule has 0 heterocycles. The molecule has 0 spiro atoms. The second-order valence-electron chi connectivity index (χ2n) is 6.02. The Bertz CT molecular complexity index is 839. The molecule has 0 radical (unpaired) electrons. The minimum absolute atomic E-state index is 0.0666. The number of rotatable bonds is 11. The van der Waals surface area contributed by atoms with Crippen molar-refractivity contribution in [3.05, 3.63) is 58.6 Å². The van der Waals surface area contributed by atoms with Crippen LogP contribution >= 0.6 is 15.9 Å². The molecule has 28 heavy (non-hydrogen) atoms. The molecule has 6 nitrogen and oxygen atoms in total. The predicted molar refractivity (Wildman–Crippen MR) is 114 cm³/mol. The summed E-state index contributed by atoms with van der Waals surface area (Å²) in [7, 11) is -3.52. The Morgan fingerprint density at radius 3 is 2.21 bits per heavy atom. The first-order valence-corrected chi connectivity index (χ1v) is 11.7. The van der Waals surface area contributed by atoms with Gasteiger partial charge in [0.15, 0.2) is 6.29 Å².